The highest BCUT2D eigenvalue weighted by atomic mass is 35.5. The van der Waals surface area contributed by atoms with Crippen LogP contribution in [-0.2, 0) is 19.6 Å². The lowest BCUT2D eigenvalue weighted by Gasteiger charge is -2.13. The molecule has 0 heterocycles. The van der Waals surface area contributed by atoms with E-state index >= 15 is 0 Å². The molecule has 1 aromatic carbocycles. The van der Waals surface area contributed by atoms with Crippen LogP contribution in [0.2, 0.25) is 5.02 Å². The summed E-state index contributed by atoms with van der Waals surface area (Å²) in [7, 11) is -0.627. The number of nitrogens with zero attached hydrogens (tertiary/aromatic N) is 1. The van der Waals surface area contributed by atoms with Crippen molar-refractivity contribution in [2.45, 2.75) is 31.2 Å². The second-order valence-electron chi connectivity index (χ2n) is 6.04. The van der Waals surface area contributed by atoms with Crippen LogP contribution in [0.4, 0.5) is 0 Å². The SMILES string of the molecule is CC(C)NC(=O)CCNS(=O)(=O)c1ccc(OCC(=O)N(C)C)c(Cl)c1. The van der Waals surface area contributed by atoms with Gasteiger partial charge in [-0.25, -0.2) is 13.1 Å². The molecule has 0 fully saturated rings. The Kier molecular flexibility index (Phi) is 8.32. The fourth-order valence-corrected chi connectivity index (χ4v) is 3.17. The van der Waals surface area contributed by atoms with Crippen LogP contribution in [0.25, 0.3) is 0 Å². The third-order valence-electron chi connectivity index (χ3n) is 3.16. The van der Waals surface area contributed by atoms with Gasteiger partial charge in [-0.05, 0) is 32.0 Å². The maximum absolute atomic E-state index is 12.3. The molecular weight excluding hydrogens is 382 g/mol. The van der Waals surface area contributed by atoms with Gasteiger partial charge >= 0.3 is 0 Å². The lowest BCUT2D eigenvalue weighted by atomic mass is 10.3. The van der Waals surface area contributed by atoms with Gasteiger partial charge in [0.05, 0.1) is 9.92 Å². The minimum Gasteiger partial charge on any atom is -0.482 e. The Morgan fingerprint density at radius 1 is 1.27 bits per heavy atom. The van der Waals surface area contributed by atoms with Gasteiger partial charge < -0.3 is 15.0 Å². The van der Waals surface area contributed by atoms with Crippen LogP contribution in [0, 0.1) is 0 Å². The predicted molar refractivity (Wildman–Crippen MR) is 98.7 cm³/mol. The summed E-state index contributed by atoms with van der Waals surface area (Å²) in [6.45, 7) is 3.40. The second kappa shape index (κ2) is 9.75. The molecule has 0 aliphatic rings. The van der Waals surface area contributed by atoms with Gasteiger partial charge in [0.1, 0.15) is 5.75 Å². The molecule has 0 radical (unpaired) electrons. The van der Waals surface area contributed by atoms with Gasteiger partial charge in [0, 0.05) is 33.1 Å². The van der Waals surface area contributed by atoms with E-state index in [1.807, 2.05) is 13.8 Å². The lowest BCUT2D eigenvalue weighted by molar-refractivity contribution is -0.130. The zero-order chi connectivity index (χ0) is 19.9. The molecule has 2 N–H and O–H groups in total. The van der Waals surface area contributed by atoms with Crippen molar-refractivity contribution in [1.82, 2.24) is 14.9 Å². The summed E-state index contributed by atoms with van der Waals surface area (Å²) in [6.07, 6.45) is 0.0268. The van der Waals surface area contributed by atoms with Crippen LogP contribution in [0.5, 0.6) is 5.75 Å². The van der Waals surface area contributed by atoms with Gasteiger partial charge in [0.25, 0.3) is 5.91 Å². The van der Waals surface area contributed by atoms with E-state index in [0.717, 1.165) is 0 Å². The molecule has 0 spiro atoms. The first-order chi connectivity index (χ1) is 12.0. The number of likely N-dealkylation sites (N-methyl/N-ethyl adjacent to an activating group) is 1. The summed E-state index contributed by atoms with van der Waals surface area (Å²) < 4.78 is 32.1. The van der Waals surface area contributed by atoms with Crippen LogP contribution in [0.3, 0.4) is 0 Å². The number of carbonyl (C=O) groups is 2. The van der Waals surface area contributed by atoms with E-state index in [9.17, 15) is 18.0 Å². The van der Waals surface area contributed by atoms with Crippen LogP contribution < -0.4 is 14.8 Å². The lowest BCUT2D eigenvalue weighted by Crippen LogP contribution is -2.34. The smallest absolute Gasteiger partial charge is 0.259 e. The molecule has 0 atom stereocenters. The quantitative estimate of drug-likeness (QED) is 0.637. The van der Waals surface area contributed by atoms with Gasteiger partial charge in [-0.3, -0.25) is 9.59 Å². The minimum absolute atomic E-state index is 0.00941. The van der Waals surface area contributed by atoms with Crippen molar-refractivity contribution >= 4 is 33.4 Å². The molecule has 0 unspecified atom stereocenters. The number of hydrogen-bond acceptors (Lipinski definition) is 5. The standard InChI is InChI=1S/C16H24ClN3O5S/c1-11(2)19-15(21)7-8-18-26(23,24)12-5-6-14(13(17)9-12)25-10-16(22)20(3)4/h5-6,9,11,18H,7-8,10H2,1-4H3,(H,19,21). The highest BCUT2D eigenvalue weighted by Gasteiger charge is 2.17. The number of sulfonamides is 1. The van der Waals surface area contributed by atoms with Crippen molar-refractivity contribution in [3.63, 3.8) is 0 Å². The number of nitrogens with one attached hydrogen (secondary N) is 2. The molecule has 8 nitrogen and oxygen atoms in total. The van der Waals surface area contributed by atoms with E-state index < -0.39 is 10.0 Å². The summed E-state index contributed by atoms with van der Waals surface area (Å²) in [5.74, 6) is -0.286. The van der Waals surface area contributed by atoms with E-state index in [1.165, 1.54) is 23.1 Å². The van der Waals surface area contributed by atoms with Gasteiger partial charge in [-0.2, -0.15) is 0 Å². The molecule has 0 aromatic heterocycles. The molecule has 0 bridgehead atoms. The number of rotatable bonds is 9. The number of amides is 2. The maximum atomic E-state index is 12.3. The Morgan fingerprint density at radius 2 is 1.92 bits per heavy atom. The van der Waals surface area contributed by atoms with Crippen LogP contribution in [0.15, 0.2) is 23.1 Å². The molecule has 0 aliphatic carbocycles. The molecule has 26 heavy (non-hydrogen) atoms. The molecule has 1 aromatic rings. The summed E-state index contributed by atoms with van der Waals surface area (Å²) >= 11 is 6.03. The molecule has 0 saturated carbocycles. The largest absolute Gasteiger partial charge is 0.482 e. The van der Waals surface area contributed by atoms with Gasteiger partial charge in [-0.15, -0.1) is 0 Å². The van der Waals surface area contributed by atoms with E-state index in [-0.39, 0.29) is 53.1 Å². The normalized spacial score (nSPS) is 11.3. The van der Waals surface area contributed by atoms with Crippen LogP contribution >= 0.6 is 11.6 Å². The Balaban J connectivity index is 2.68. The number of ether oxygens (including phenoxy) is 1. The van der Waals surface area contributed by atoms with E-state index in [2.05, 4.69) is 10.0 Å². The zero-order valence-electron chi connectivity index (χ0n) is 15.2. The number of benzene rings is 1. The molecule has 0 saturated heterocycles. The summed E-state index contributed by atoms with van der Waals surface area (Å²) in [5.41, 5.74) is 0. The van der Waals surface area contributed by atoms with Crippen molar-refractivity contribution in [1.29, 1.82) is 0 Å². The highest BCUT2D eigenvalue weighted by Crippen LogP contribution is 2.27. The number of halogens is 1. The maximum Gasteiger partial charge on any atom is 0.259 e. The Morgan fingerprint density at radius 3 is 2.46 bits per heavy atom. The van der Waals surface area contributed by atoms with Crippen molar-refractivity contribution in [3.05, 3.63) is 23.2 Å². The topological polar surface area (TPSA) is 105 Å². The third kappa shape index (κ3) is 7.19. The average molecular weight is 406 g/mol. The van der Waals surface area contributed by atoms with E-state index in [1.54, 1.807) is 14.1 Å². The fraction of sp³-hybridized carbons (Fsp3) is 0.500. The number of hydrogen-bond donors (Lipinski definition) is 2. The van der Waals surface area contributed by atoms with Gasteiger partial charge in [-0.1, -0.05) is 11.6 Å². The zero-order valence-corrected chi connectivity index (χ0v) is 16.8. The molecular formula is C16H24ClN3O5S. The van der Waals surface area contributed by atoms with Crippen molar-refractivity contribution in [2.75, 3.05) is 27.2 Å². The Hall–Kier alpha value is -1.84. The third-order valence-corrected chi connectivity index (χ3v) is 4.91. The molecule has 0 aliphatic heterocycles. The first kappa shape index (κ1) is 22.2. The van der Waals surface area contributed by atoms with Crippen molar-refractivity contribution < 1.29 is 22.7 Å². The van der Waals surface area contributed by atoms with Crippen molar-refractivity contribution in [3.8, 4) is 5.75 Å². The monoisotopic (exact) mass is 405 g/mol. The summed E-state index contributed by atoms with van der Waals surface area (Å²) in [5, 5.41) is 2.74. The van der Waals surface area contributed by atoms with Crippen LogP contribution in [-0.4, -0.2) is 58.4 Å². The van der Waals surface area contributed by atoms with Crippen molar-refractivity contribution in [2.24, 2.45) is 0 Å². The van der Waals surface area contributed by atoms with E-state index in [4.69, 9.17) is 16.3 Å². The van der Waals surface area contributed by atoms with E-state index in [0.29, 0.717) is 0 Å². The molecule has 2 amide bonds. The Bertz CT molecular complexity index is 750. The Labute approximate surface area is 158 Å². The van der Waals surface area contributed by atoms with Gasteiger partial charge in [0.15, 0.2) is 6.61 Å². The number of carbonyl (C=O) groups excluding carboxylic acids is 2. The highest BCUT2D eigenvalue weighted by molar-refractivity contribution is 7.89. The summed E-state index contributed by atoms with van der Waals surface area (Å²) in [6, 6.07) is 3.92. The predicted octanol–water partition coefficient (Wildman–Crippen LogP) is 1.000. The molecule has 10 heteroatoms. The fourth-order valence-electron chi connectivity index (χ4n) is 1.81. The molecule has 1 rings (SSSR count). The molecule has 146 valence electrons. The first-order valence-electron chi connectivity index (χ1n) is 7.94. The summed E-state index contributed by atoms with van der Waals surface area (Å²) in [4.78, 5) is 24.4. The average Bonchev–Trinajstić information content (AvgIpc) is 2.52. The van der Waals surface area contributed by atoms with Gasteiger partial charge in [0.2, 0.25) is 15.9 Å². The second-order valence-corrected chi connectivity index (χ2v) is 8.21. The first-order valence-corrected chi connectivity index (χ1v) is 9.80. The minimum atomic E-state index is -3.81. The van der Waals surface area contributed by atoms with Crippen LogP contribution in [0.1, 0.15) is 20.3 Å².